The van der Waals surface area contributed by atoms with Gasteiger partial charge >= 0.3 is 0 Å². The highest BCUT2D eigenvalue weighted by molar-refractivity contribution is 7.90. The number of sulfonamides is 1. The van der Waals surface area contributed by atoms with Gasteiger partial charge in [-0.1, -0.05) is 6.07 Å². The highest BCUT2D eigenvalue weighted by atomic mass is 32.2. The summed E-state index contributed by atoms with van der Waals surface area (Å²) in [5.74, 6) is -1.94. The number of carbonyl (C=O) groups is 3. The van der Waals surface area contributed by atoms with Crippen LogP contribution >= 0.6 is 0 Å². The predicted octanol–water partition coefficient (Wildman–Crippen LogP) is -0.0553. The van der Waals surface area contributed by atoms with E-state index in [2.05, 4.69) is 5.32 Å². The van der Waals surface area contributed by atoms with Crippen molar-refractivity contribution in [1.29, 1.82) is 0 Å². The minimum Gasteiger partial charge on any atom is -0.295 e. The first kappa shape index (κ1) is 13.7. The fourth-order valence-corrected chi connectivity index (χ4v) is 4.40. The normalized spacial score (nSPS) is 24.0. The maximum absolute atomic E-state index is 12.5. The van der Waals surface area contributed by atoms with E-state index in [4.69, 9.17) is 0 Å². The quantitative estimate of drug-likeness (QED) is 0.733. The van der Waals surface area contributed by atoms with E-state index >= 15 is 0 Å². The van der Waals surface area contributed by atoms with Crippen molar-refractivity contribution in [3.8, 4) is 0 Å². The Morgan fingerprint density at radius 2 is 1.95 bits per heavy atom. The zero-order valence-electron chi connectivity index (χ0n) is 11.1. The monoisotopic (exact) mass is 308 g/mol. The zero-order valence-corrected chi connectivity index (χ0v) is 11.9. The van der Waals surface area contributed by atoms with Crippen molar-refractivity contribution < 1.29 is 22.8 Å². The Bertz CT molecular complexity index is 784. The number of imide groups is 1. The molecule has 0 spiro atoms. The third kappa shape index (κ3) is 1.94. The first-order chi connectivity index (χ1) is 9.82. The number of benzene rings is 1. The molecular formula is C13H12N2O5S. The lowest BCUT2D eigenvalue weighted by Crippen LogP contribution is -2.54. The van der Waals surface area contributed by atoms with Gasteiger partial charge in [0.05, 0.1) is 5.56 Å². The van der Waals surface area contributed by atoms with Crippen LogP contribution in [0.3, 0.4) is 0 Å². The Morgan fingerprint density at radius 3 is 2.62 bits per heavy atom. The minimum atomic E-state index is -4.06. The molecule has 21 heavy (non-hydrogen) atoms. The van der Waals surface area contributed by atoms with Gasteiger partial charge in [0.25, 0.3) is 21.8 Å². The van der Waals surface area contributed by atoms with E-state index in [9.17, 15) is 22.8 Å². The van der Waals surface area contributed by atoms with E-state index in [1.54, 1.807) is 13.0 Å². The van der Waals surface area contributed by atoms with Crippen molar-refractivity contribution in [2.75, 3.05) is 0 Å². The molecule has 2 heterocycles. The number of aryl methyl sites for hydroxylation is 1. The second kappa shape index (κ2) is 4.39. The number of nitrogens with one attached hydrogen (secondary N) is 1. The van der Waals surface area contributed by atoms with Crippen molar-refractivity contribution in [1.82, 2.24) is 9.62 Å². The SMILES string of the molecule is Cc1ccc2c(c1)S(=O)(=O)N(C1CCC(=O)NC1=O)C2=O. The van der Waals surface area contributed by atoms with E-state index in [-0.39, 0.29) is 23.3 Å². The topological polar surface area (TPSA) is 101 Å². The van der Waals surface area contributed by atoms with Crippen LogP contribution in [0.4, 0.5) is 0 Å². The van der Waals surface area contributed by atoms with Crippen molar-refractivity contribution in [3.63, 3.8) is 0 Å². The highest BCUT2D eigenvalue weighted by Gasteiger charge is 2.48. The van der Waals surface area contributed by atoms with Gasteiger partial charge in [-0.05, 0) is 31.0 Å². The summed E-state index contributed by atoms with van der Waals surface area (Å²) < 4.78 is 25.6. The Labute approximate surface area is 121 Å². The van der Waals surface area contributed by atoms with Crippen molar-refractivity contribution in [3.05, 3.63) is 29.3 Å². The highest BCUT2D eigenvalue weighted by Crippen LogP contribution is 2.34. The van der Waals surface area contributed by atoms with Crippen molar-refractivity contribution in [2.45, 2.75) is 30.7 Å². The van der Waals surface area contributed by atoms with Crippen LogP contribution in [-0.2, 0) is 19.6 Å². The van der Waals surface area contributed by atoms with Crippen LogP contribution in [0.5, 0.6) is 0 Å². The lowest BCUT2D eigenvalue weighted by atomic mass is 10.1. The number of rotatable bonds is 1. The van der Waals surface area contributed by atoms with E-state index in [1.807, 2.05) is 0 Å². The molecular weight excluding hydrogens is 296 g/mol. The Hall–Kier alpha value is -2.22. The number of amides is 3. The smallest absolute Gasteiger partial charge is 0.269 e. The molecule has 7 nitrogen and oxygen atoms in total. The lowest BCUT2D eigenvalue weighted by molar-refractivity contribution is -0.135. The van der Waals surface area contributed by atoms with Crippen LogP contribution in [0, 0.1) is 6.92 Å². The first-order valence-electron chi connectivity index (χ1n) is 6.35. The molecule has 3 amide bonds. The van der Waals surface area contributed by atoms with Gasteiger partial charge in [-0.15, -0.1) is 0 Å². The summed E-state index contributed by atoms with van der Waals surface area (Å²) in [7, 11) is -4.06. The maximum Gasteiger partial charge on any atom is 0.269 e. The Balaban J connectivity index is 2.08. The maximum atomic E-state index is 12.5. The fourth-order valence-electron chi connectivity index (χ4n) is 2.57. The summed E-state index contributed by atoms with van der Waals surface area (Å²) in [6, 6.07) is 3.32. The number of hydrogen-bond donors (Lipinski definition) is 1. The number of carbonyl (C=O) groups excluding carboxylic acids is 3. The average molecular weight is 308 g/mol. The van der Waals surface area contributed by atoms with E-state index in [0.29, 0.717) is 9.87 Å². The van der Waals surface area contributed by atoms with E-state index in [0.717, 1.165) is 0 Å². The summed E-state index contributed by atoms with van der Waals surface area (Å²) >= 11 is 0. The largest absolute Gasteiger partial charge is 0.295 e. The van der Waals surface area contributed by atoms with Crippen molar-refractivity contribution in [2.24, 2.45) is 0 Å². The van der Waals surface area contributed by atoms with Gasteiger partial charge in [-0.3, -0.25) is 19.7 Å². The molecule has 2 aliphatic rings. The summed E-state index contributed by atoms with van der Waals surface area (Å²) in [4.78, 5) is 35.3. The molecule has 8 heteroatoms. The van der Waals surface area contributed by atoms with Gasteiger partial charge in [0, 0.05) is 6.42 Å². The van der Waals surface area contributed by atoms with Gasteiger partial charge in [0.1, 0.15) is 10.9 Å². The standard InChI is InChI=1S/C13H12N2O5S/c1-7-2-3-8-10(6-7)21(19,20)15(13(8)18)9-4-5-11(16)14-12(9)17/h2-3,6,9H,4-5H2,1H3,(H,14,16,17). The first-order valence-corrected chi connectivity index (χ1v) is 7.79. The molecule has 1 aromatic carbocycles. The third-order valence-corrected chi connectivity index (χ3v) is 5.43. The molecule has 0 radical (unpaired) electrons. The Morgan fingerprint density at radius 1 is 1.24 bits per heavy atom. The molecule has 0 bridgehead atoms. The van der Waals surface area contributed by atoms with E-state index < -0.39 is 33.8 Å². The summed E-state index contributed by atoms with van der Waals surface area (Å²) in [5, 5.41) is 2.07. The van der Waals surface area contributed by atoms with Gasteiger partial charge in [0.2, 0.25) is 5.91 Å². The lowest BCUT2D eigenvalue weighted by Gasteiger charge is -2.28. The van der Waals surface area contributed by atoms with Crippen molar-refractivity contribution >= 4 is 27.7 Å². The summed E-state index contributed by atoms with van der Waals surface area (Å²) in [6.45, 7) is 1.72. The number of hydrogen-bond acceptors (Lipinski definition) is 5. The molecule has 1 unspecified atom stereocenters. The van der Waals surface area contributed by atoms with Crippen LogP contribution in [0.2, 0.25) is 0 Å². The molecule has 1 aromatic rings. The summed E-state index contributed by atoms with van der Waals surface area (Å²) in [6.07, 6.45) is 0.00763. The number of piperidine rings is 1. The molecule has 0 aliphatic carbocycles. The van der Waals surface area contributed by atoms with Gasteiger partial charge in [-0.25, -0.2) is 12.7 Å². The third-order valence-electron chi connectivity index (χ3n) is 3.60. The molecule has 0 saturated carbocycles. The molecule has 1 N–H and O–H groups in total. The second-order valence-corrected chi connectivity index (χ2v) is 6.86. The molecule has 1 saturated heterocycles. The van der Waals surface area contributed by atoms with Crippen LogP contribution in [0.1, 0.15) is 28.8 Å². The molecule has 1 atom stereocenters. The second-order valence-electron chi connectivity index (χ2n) is 5.07. The van der Waals surface area contributed by atoms with Gasteiger partial charge in [-0.2, -0.15) is 0 Å². The summed E-state index contributed by atoms with van der Waals surface area (Å²) in [5.41, 5.74) is 0.764. The van der Waals surface area contributed by atoms with Crippen LogP contribution in [0.15, 0.2) is 23.1 Å². The van der Waals surface area contributed by atoms with E-state index in [1.165, 1.54) is 12.1 Å². The van der Waals surface area contributed by atoms with Crippen LogP contribution < -0.4 is 5.32 Å². The zero-order chi connectivity index (χ0) is 15.4. The fraction of sp³-hybridized carbons (Fsp3) is 0.308. The molecule has 110 valence electrons. The number of nitrogens with zero attached hydrogens (tertiary/aromatic N) is 1. The molecule has 2 aliphatic heterocycles. The Kier molecular flexibility index (Phi) is 2.87. The predicted molar refractivity (Wildman–Crippen MR) is 70.7 cm³/mol. The molecule has 1 fully saturated rings. The van der Waals surface area contributed by atoms with Crippen LogP contribution in [-0.4, -0.2) is 36.5 Å². The molecule has 3 rings (SSSR count). The average Bonchev–Trinajstić information content (AvgIpc) is 2.59. The van der Waals surface area contributed by atoms with Crippen LogP contribution in [0.25, 0.3) is 0 Å². The van der Waals surface area contributed by atoms with Gasteiger partial charge < -0.3 is 0 Å². The minimum absolute atomic E-state index is 0.00259. The van der Waals surface area contributed by atoms with Gasteiger partial charge in [0.15, 0.2) is 0 Å². The molecule has 0 aromatic heterocycles. The number of fused-ring (bicyclic) bond motifs is 1.